The molecule has 0 saturated heterocycles. The number of aromatic nitrogens is 2. The second-order valence-corrected chi connectivity index (χ2v) is 8.03. The molecule has 0 saturated carbocycles. The van der Waals surface area contributed by atoms with E-state index in [4.69, 9.17) is 9.47 Å². The third kappa shape index (κ3) is 3.32. The second kappa shape index (κ2) is 7.52. The lowest BCUT2D eigenvalue weighted by Gasteiger charge is -2.35. The molecule has 3 aromatic rings. The van der Waals surface area contributed by atoms with Gasteiger partial charge in [-0.3, -0.25) is 4.79 Å². The van der Waals surface area contributed by atoms with E-state index < -0.39 is 0 Å². The fraction of sp³-hybridized carbons (Fsp3) is 0.333. The summed E-state index contributed by atoms with van der Waals surface area (Å²) in [6.07, 6.45) is 3.96. The fourth-order valence-corrected chi connectivity index (χ4v) is 4.53. The number of H-pyrrole nitrogens is 1. The van der Waals surface area contributed by atoms with Gasteiger partial charge in [0, 0.05) is 25.1 Å². The number of ether oxygens (including phenoxy) is 2. The van der Waals surface area contributed by atoms with Crippen molar-refractivity contribution < 1.29 is 14.3 Å². The summed E-state index contributed by atoms with van der Waals surface area (Å²) in [7, 11) is 1.65. The summed E-state index contributed by atoms with van der Waals surface area (Å²) in [6.45, 7) is 2.73. The van der Waals surface area contributed by atoms with Crippen LogP contribution in [0.1, 0.15) is 41.0 Å². The maximum absolute atomic E-state index is 13.4. The summed E-state index contributed by atoms with van der Waals surface area (Å²) >= 11 is 0. The Kier molecular flexibility index (Phi) is 4.69. The van der Waals surface area contributed by atoms with E-state index in [9.17, 15) is 4.79 Å². The van der Waals surface area contributed by atoms with E-state index >= 15 is 0 Å². The quantitative estimate of drug-likeness (QED) is 0.725. The standard InChI is InChI=1S/C24H25N3O3/c1-15-11-18-12-16(3-8-21(18)30-15)13-22(28)27-10-9-20-23(26-14-25-20)24(27)17-4-6-19(29-2)7-5-17/h3-8,12,14-15,24H,9-11,13H2,1-2H3,(H,25,26). The van der Waals surface area contributed by atoms with Crippen molar-refractivity contribution in [2.45, 2.75) is 38.3 Å². The van der Waals surface area contributed by atoms with Crippen LogP contribution < -0.4 is 9.47 Å². The molecule has 5 rings (SSSR count). The molecular formula is C24H25N3O3. The Labute approximate surface area is 175 Å². The number of amides is 1. The molecule has 2 aromatic carbocycles. The summed E-state index contributed by atoms with van der Waals surface area (Å²) in [4.78, 5) is 23.1. The van der Waals surface area contributed by atoms with Gasteiger partial charge in [-0.05, 0) is 41.8 Å². The molecule has 0 spiro atoms. The van der Waals surface area contributed by atoms with Crippen molar-refractivity contribution in [3.63, 3.8) is 0 Å². The number of hydrogen-bond acceptors (Lipinski definition) is 4. The monoisotopic (exact) mass is 403 g/mol. The zero-order chi connectivity index (χ0) is 20.7. The molecule has 0 fully saturated rings. The molecule has 1 amide bonds. The van der Waals surface area contributed by atoms with Gasteiger partial charge in [0.1, 0.15) is 23.6 Å². The number of carbonyl (C=O) groups is 1. The van der Waals surface area contributed by atoms with Gasteiger partial charge in [0.25, 0.3) is 0 Å². The number of hydrogen-bond donors (Lipinski definition) is 1. The first-order chi connectivity index (χ1) is 14.6. The van der Waals surface area contributed by atoms with Gasteiger partial charge in [0.05, 0.1) is 25.6 Å². The van der Waals surface area contributed by atoms with E-state index in [2.05, 4.69) is 23.0 Å². The molecule has 1 N–H and O–H groups in total. The number of methoxy groups -OCH3 is 1. The minimum atomic E-state index is -0.198. The normalized spacial score (nSPS) is 19.7. The summed E-state index contributed by atoms with van der Waals surface area (Å²) in [5.74, 6) is 1.84. The maximum atomic E-state index is 13.4. The van der Waals surface area contributed by atoms with E-state index in [0.717, 1.165) is 46.9 Å². The Bertz CT molecular complexity index is 1070. The average Bonchev–Trinajstić information content (AvgIpc) is 3.38. The number of nitrogens with zero attached hydrogens (tertiary/aromatic N) is 2. The molecule has 30 heavy (non-hydrogen) atoms. The molecule has 2 aliphatic rings. The Balaban J connectivity index is 1.43. The average molecular weight is 403 g/mol. The Hall–Kier alpha value is -3.28. The summed E-state index contributed by atoms with van der Waals surface area (Å²) in [6, 6.07) is 13.8. The number of nitrogens with one attached hydrogen (secondary N) is 1. The van der Waals surface area contributed by atoms with Crippen LogP contribution in [0.4, 0.5) is 0 Å². The van der Waals surface area contributed by atoms with Crippen molar-refractivity contribution in [2.24, 2.45) is 0 Å². The van der Waals surface area contributed by atoms with Crippen molar-refractivity contribution in [2.75, 3.05) is 13.7 Å². The highest BCUT2D eigenvalue weighted by molar-refractivity contribution is 5.80. The van der Waals surface area contributed by atoms with Crippen LogP contribution in [0, 0.1) is 0 Å². The topological polar surface area (TPSA) is 67.5 Å². The first-order valence-corrected chi connectivity index (χ1v) is 10.4. The van der Waals surface area contributed by atoms with Gasteiger partial charge < -0.3 is 19.4 Å². The summed E-state index contributed by atoms with van der Waals surface area (Å²) in [5.41, 5.74) is 5.28. The van der Waals surface area contributed by atoms with Gasteiger partial charge in [-0.1, -0.05) is 24.3 Å². The van der Waals surface area contributed by atoms with Crippen molar-refractivity contribution in [3.8, 4) is 11.5 Å². The largest absolute Gasteiger partial charge is 0.497 e. The fourth-order valence-electron chi connectivity index (χ4n) is 4.53. The van der Waals surface area contributed by atoms with E-state index in [-0.39, 0.29) is 18.1 Å². The van der Waals surface area contributed by atoms with Crippen molar-refractivity contribution in [1.29, 1.82) is 0 Å². The third-order valence-corrected chi connectivity index (χ3v) is 5.99. The Morgan fingerprint density at radius 1 is 1.27 bits per heavy atom. The minimum absolute atomic E-state index is 0.108. The predicted molar refractivity (Wildman–Crippen MR) is 113 cm³/mol. The lowest BCUT2D eigenvalue weighted by atomic mass is 9.94. The van der Waals surface area contributed by atoms with E-state index in [1.54, 1.807) is 13.4 Å². The predicted octanol–water partition coefficient (Wildman–Crippen LogP) is 3.46. The molecule has 154 valence electrons. The lowest BCUT2D eigenvalue weighted by Crippen LogP contribution is -2.41. The minimum Gasteiger partial charge on any atom is -0.497 e. The molecule has 3 heterocycles. The van der Waals surface area contributed by atoms with Crippen LogP contribution in [0.2, 0.25) is 0 Å². The first-order valence-electron chi connectivity index (χ1n) is 10.4. The Morgan fingerprint density at radius 3 is 2.90 bits per heavy atom. The smallest absolute Gasteiger partial charge is 0.227 e. The van der Waals surface area contributed by atoms with Crippen LogP contribution in [-0.4, -0.2) is 40.5 Å². The van der Waals surface area contributed by atoms with E-state index in [0.29, 0.717) is 13.0 Å². The van der Waals surface area contributed by atoms with Crippen LogP contribution in [-0.2, 0) is 24.1 Å². The van der Waals surface area contributed by atoms with Crippen LogP contribution in [0.3, 0.4) is 0 Å². The van der Waals surface area contributed by atoms with Gasteiger partial charge in [-0.25, -0.2) is 4.98 Å². The molecule has 2 atom stereocenters. The van der Waals surface area contributed by atoms with Crippen LogP contribution in [0.5, 0.6) is 11.5 Å². The molecule has 0 radical (unpaired) electrons. The van der Waals surface area contributed by atoms with Crippen molar-refractivity contribution in [3.05, 3.63) is 76.9 Å². The molecule has 0 aliphatic carbocycles. The van der Waals surface area contributed by atoms with Gasteiger partial charge in [0.2, 0.25) is 5.91 Å². The van der Waals surface area contributed by atoms with Gasteiger partial charge in [-0.2, -0.15) is 0 Å². The maximum Gasteiger partial charge on any atom is 0.227 e. The first kappa shape index (κ1) is 18.7. The summed E-state index contributed by atoms with van der Waals surface area (Å²) in [5, 5.41) is 0. The van der Waals surface area contributed by atoms with Crippen LogP contribution >= 0.6 is 0 Å². The lowest BCUT2D eigenvalue weighted by molar-refractivity contribution is -0.132. The number of carbonyl (C=O) groups excluding carboxylic acids is 1. The van der Waals surface area contributed by atoms with Crippen LogP contribution in [0.15, 0.2) is 48.8 Å². The SMILES string of the molecule is COc1ccc(C2c3nc[nH]c3CCN2C(=O)Cc2ccc3c(c2)CC(C)O3)cc1. The van der Waals surface area contributed by atoms with E-state index in [1.165, 1.54) is 5.56 Å². The number of benzene rings is 2. The van der Waals surface area contributed by atoms with Crippen LogP contribution in [0.25, 0.3) is 0 Å². The zero-order valence-electron chi connectivity index (χ0n) is 17.2. The highest BCUT2D eigenvalue weighted by atomic mass is 16.5. The van der Waals surface area contributed by atoms with Gasteiger partial charge in [-0.15, -0.1) is 0 Å². The molecule has 6 nitrogen and oxygen atoms in total. The molecule has 6 heteroatoms. The van der Waals surface area contributed by atoms with E-state index in [1.807, 2.05) is 41.3 Å². The van der Waals surface area contributed by atoms with Crippen molar-refractivity contribution >= 4 is 5.91 Å². The number of rotatable bonds is 4. The number of aromatic amines is 1. The number of fused-ring (bicyclic) bond motifs is 2. The molecule has 1 aromatic heterocycles. The number of imidazole rings is 1. The third-order valence-electron chi connectivity index (χ3n) is 5.99. The summed E-state index contributed by atoms with van der Waals surface area (Å²) < 4.78 is 11.1. The zero-order valence-corrected chi connectivity index (χ0v) is 17.2. The second-order valence-electron chi connectivity index (χ2n) is 8.03. The molecule has 2 unspecified atom stereocenters. The highest BCUT2D eigenvalue weighted by Gasteiger charge is 2.34. The molecule has 0 bridgehead atoms. The van der Waals surface area contributed by atoms with Gasteiger partial charge in [0.15, 0.2) is 0 Å². The Morgan fingerprint density at radius 2 is 2.10 bits per heavy atom. The molecule has 2 aliphatic heterocycles. The van der Waals surface area contributed by atoms with Gasteiger partial charge >= 0.3 is 0 Å². The highest BCUT2D eigenvalue weighted by Crippen LogP contribution is 2.35. The van der Waals surface area contributed by atoms with Crippen molar-refractivity contribution in [1.82, 2.24) is 14.9 Å². The molecular weight excluding hydrogens is 378 g/mol.